The Morgan fingerprint density at radius 1 is 1.26 bits per heavy atom. The predicted molar refractivity (Wildman–Crippen MR) is 99.2 cm³/mol. The maximum absolute atomic E-state index is 12.4. The van der Waals surface area contributed by atoms with Crippen molar-refractivity contribution in [2.45, 2.75) is 31.7 Å². The SMILES string of the molecule is CN(C)C(=O)[C@H]1CC[C@@H](C(=O)Nc2ccc(OCc3nccn3C)cc2)O1. The van der Waals surface area contributed by atoms with E-state index in [1.807, 2.05) is 17.8 Å². The molecule has 0 radical (unpaired) electrons. The highest BCUT2D eigenvalue weighted by Crippen LogP contribution is 2.23. The van der Waals surface area contributed by atoms with E-state index in [4.69, 9.17) is 9.47 Å². The molecule has 2 heterocycles. The third kappa shape index (κ3) is 4.65. The molecule has 0 spiro atoms. The molecule has 1 N–H and O–H groups in total. The topological polar surface area (TPSA) is 85.7 Å². The van der Waals surface area contributed by atoms with Gasteiger partial charge in [-0.1, -0.05) is 0 Å². The number of rotatable bonds is 6. The van der Waals surface area contributed by atoms with Gasteiger partial charge in [-0.05, 0) is 37.1 Å². The summed E-state index contributed by atoms with van der Waals surface area (Å²) in [4.78, 5) is 30.0. The molecule has 1 fully saturated rings. The van der Waals surface area contributed by atoms with Gasteiger partial charge in [-0.15, -0.1) is 0 Å². The van der Waals surface area contributed by atoms with E-state index in [-0.39, 0.29) is 11.8 Å². The summed E-state index contributed by atoms with van der Waals surface area (Å²) in [6.07, 6.45) is 3.50. The Morgan fingerprint density at radius 3 is 2.59 bits per heavy atom. The fourth-order valence-corrected chi connectivity index (χ4v) is 2.84. The normalized spacial score (nSPS) is 18.9. The minimum Gasteiger partial charge on any atom is -0.486 e. The molecule has 0 unspecified atom stereocenters. The highest BCUT2D eigenvalue weighted by molar-refractivity contribution is 5.95. The summed E-state index contributed by atoms with van der Waals surface area (Å²) in [5, 5.41) is 2.82. The first kappa shape index (κ1) is 18.9. The second kappa shape index (κ2) is 8.22. The van der Waals surface area contributed by atoms with Crippen molar-refractivity contribution in [3.8, 4) is 5.75 Å². The highest BCUT2D eigenvalue weighted by atomic mass is 16.5. The molecular formula is C19H24N4O4. The first-order valence-electron chi connectivity index (χ1n) is 8.80. The summed E-state index contributed by atoms with van der Waals surface area (Å²) in [6.45, 7) is 0.367. The third-order valence-corrected chi connectivity index (χ3v) is 4.44. The summed E-state index contributed by atoms with van der Waals surface area (Å²) in [5.41, 5.74) is 0.648. The van der Waals surface area contributed by atoms with E-state index in [1.54, 1.807) is 44.6 Å². The molecule has 3 rings (SSSR count). The standard InChI is InChI=1S/C19H24N4O4/c1-22(2)19(25)16-9-8-15(27-16)18(24)21-13-4-6-14(7-5-13)26-12-17-20-10-11-23(17)3/h4-7,10-11,15-16H,8-9,12H2,1-3H3,(H,21,24)/t15-,16+/m0/s1. The number of nitrogens with one attached hydrogen (secondary N) is 1. The van der Waals surface area contributed by atoms with Crippen LogP contribution in [-0.4, -0.2) is 52.6 Å². The number of aryl methyl sites for hydroxylation is 1. The third-order valence-electron chi connectivity index (χ3n) is 4.44. The van der Waals surface area contributed by atoms with Gasteiger partial charge in [0.15, 0.2) is 0 Å². The number of benzene rings is 1. The van der Waals surface area contributed by atoms with Gasteiger partial charge in [-0.2, -0.15) is 0 Å². The minimum absolute atomic E-state index is 0.112. The lowest BCUT2D eigenvalue weighted by atomic mass is 10.1. The van der Waals surface area contributed by atoms with Crippen LogP contribution in [0, 0.1) is 0 Å². The van der Waals surface area contributed by atoms with E-state index >= 15 is 0 Å². The molecule has 0 aliphatic carbocycles. The van der Waals surface area contributed by atoms with Crippen LogP contribution in [0.4, 0.5) is 5.69 Å². The summed E-state index contributed by atoms with van der Waals surface area (Å²) >= 11 is 0. The summed E-state index contributed by atoms with van der Waals surface area (Å²) < 4.78 is 13.2. The molecule has 27 heavy (non-hydrogen) atoms. The van der Waals surface area contributed by atoms with E-state index in [0.29, 0.717) is 30.9 Å². The molecule has 1 aliphatic heterocycles. The van der Waals surface area contributed by atoms with Gasteiger partial charge in [0.05, 0.1) is 0 Å². The van der Waals surface area contributed by atoms with Gasteiger partial charge in [0, 0.05) is 39.2 Å². The number of nitrogens with zero attached hydrogens (tertiary/aromatic N) is 3. The van der Waals surface area contributed by atoms with Crippen molar-refractivity contribution in [2.75, 3.05) is 19.4 Å². The molecular weight excluding hydrogens is 348 g/mol. The Balaban J connectivity index is 1.50. The van der Waals surface area contributed by atoms with Crippen molar-refractivity contribution in [1.82, 2.24) is 14.5 Å². The van der Waals surface area contributed by atoms with E-state index in [0.717, 1.165) is 5.82 Å². The molecule has 0 saturated carbocycles. The second-order valence-corrected chi connectivity index (χ2v) is 6.68. The van der Waals surface area contributed by atoms with Gasteiger partial charge < -0.3 is 24.3 Å². The van der Waals surface area contributed by atoms with Crippen molar-refractivity contribution in [2.24, 2.45) is 7.05 Å². The van der Waals surface area contributed by atoms with E-state index < -0.39 is 12.2 Å². The van der Waals surface area contributed by atoms with Crippen molar-refractivity contribution < 1.29 is 19.1 Å². The van der Waals surface area contributed by atoms with Crippen molar-refractivity contribution in [3.63, 3.8) is 0 Å². The zero-order valence-corrected chi connectivity index (χ0v) is 15.7. The average Bonchev–Trinajstić information content (AvgIpc) is 3.29. The maximum atomic E-state index is 12.4. The Hall–Kier alpha value is -2.87. The Kier molecular flexibility index (Phi) is 5.75. The number of hydrogen-bond acceptors (Lipinski definition) is 5. The quantitative estimate of drug-likeness (QED) is 0.832. The number of hydrogen-bond donors (Lipinski definition) is 1. The number of imidazole rings is 1. The molecule has 1 saturated heterocycles. The lowest BCUT2D eigenvalue weighted by Gasteiger charge is -2.17. The largest absolute Gasteiger partial charge is 0.486 e. The number of anilines is 1. The first-order valence-corrected chi connectivity index (χ1v) is 8.80. The van der Waals surface area contributed by atoms with E-state index in [1.165, 1.54) is 4.90 Å². The fraction of sp³-hybridized carbons (Fsp3) is 0.421. The van der Waals surface area contributed by atoms with Crippen LogP contribution in [0.2, 0.25) is 0 Å². The number of amides is 2. The van der Waals surface area contributed by atoms with Crippen LogP contribution in [0.1, 0.15) is 18.7 Å². The molecule has 0 bridgehead atoms. The molecule has 2 amide bonds. The fourth-order valence-electron chi connectivity index (χ4n) is 2.84. The van der Waals surface area contributed by atoms with E-state index in [2.05, 4.69) is 10.3 Å². The number of ether oxygens (including phenoxy) is 2. The van der Waals surface area contributed by atoms with Gasteiger partial charge in [-0.25, -0.2) is 4.98 Å². The lowest BCUT2D eigenvalue weighted by molar-refractivity contribution is -0.143. The molecule has 2 aromatic rings. The number of aromatic nitrogens is 2. The predicted octanol–water partition coefficient (Wildman–Crippen LogP) is 1.57. The van der Waals surface area contributed by atoms with Gasteiger partial charge in [-0.3, -0.25) is 9.59 Å². The first-order chi connectivity index (χ1) is 12.9. The zero-order valence-electron chi connectivity index (χ0n) is 15.7. The Labute approximate surface area is 158 Å². The minimum atomic E-state index is -0.613. The van der Waals surface area contributed by atoms with Crippen molar-refractivity contribution >= 4 is 17.5 Å². The zero-order chi connectivity index (χ0) is 19.4. The van der Waals surface area contributed by atoms with Crippen LogP contribution >= 0.6 is 0 Å². The molecule has 144 valence electrons. The molecule has 8 nitrogen and oxygen atoms in total. The van der Waals surface area contributed by atoms with Gasteiger partial charge >= 0.3 is 0 Å². The molecule has 2 atom stereocenters. The van der Waals surface area contributed by atoms with Crippen LogP contribution in [0.25, 0.3) is 0 Å². The summed E-state index contributed by atoms with van der Waals surface area (Å²) in [7, 11) is 5.26. The van der Waals surface area contributed by atoms with Crippen molar-refractivity contribution in [1.29, 1.82) is 0 Å². The van der Waals surface area contributed by atoms with Crippen LogP contribution in [0.3, 0.4) is 0 Å². The molecule has 1 aromatic carbocycles. The highest BCUT2D eigenvalue weighted by Gasteiger charge is 2.35. The number of likely N-dealkylation sites (N-methyl/N-ethyl adjacent to an activating group) is 1. The van der Waals surface area contributed by atoms with E-state index in [9.17, 15) is 9.59 Å². The molecule has 1 aromatic heterocycles. The van der Waals surface area contributed by atoms with Crippen molar-refractivity contribution in [3.05, 3.63) is 42.5 Å². The second-order valence-electron chi connectivity index (χ2n) is 6.68. The van der Waals surface area contributed by atoms with Crippen LogP contribution in [0.5, 0.6) is 5.75 Å². The summed E-state index contributed by atoms with van der Waals surface area (Å²) in [6, 6.07) is 7.10. The Bertz CT molecular complexity index is 800. The van der Waals surface area contributed by atoms with Gasteiger partial charge in [0.25, 0.3) is 11.8 Å². The average molecular weight is 372 g/mol. The number of carbonyl (C=O) groups excluding carboxylic acids is 2. The molecule has 1 aliphatic rings. The smallest absolute Gasteiger partial charge is 0.253 e. The maximum Gasteiger partial charge on any atom is 0.253 e. The van der Waals surface area contributed by atoms with Crippen LogP contribution < -0.4 is 10.1 Å². The van der Waals surface area contributed by atoms with Crippen LogP contribution in [0.15, 0.2) is 36.7 Å². The monoisotopic (exact) mass is 372 g/mol. The van der Waals surface area contributed by atoms with Gasteiger partial charge in [0.2, 0.25) is 0 Å². The Morgan fingerprint density at radius 2 is 1.96 bits per heavy atom. The lowest BCUT2D eigenvalue weighted by Crippen LogP contribution is -2.35. The molecule has 8 heteroatoms. The number of carbonyl (C=O) groups is 2. The van der Waals surface area contributed by atoms with Crippen LogP contribution in [-0.2, 0) is 28.0 Å². The summed E-state index contributed by atoms with van der Waals surface area (Å²) in [5.74, 6) is 1.16. The van der Waals surface area contributed by atoms with Gasteiger partial charge in [0.1, 0.15) is 30.4 Å².